The van der Waals surface area contributed by atoms with E-state index in [0.717, 1.165) is 4.90 Å². The van der Waals surface area contributed by atoms with Crippen LogP contribution >= 0.6 is 16.6 Å². The fourth-order valence-electron chi connectivity index (χ4n) is 0.462. The maximum atomic E-state index is 10.3. The first-order valence-electron chi connectivity index (χ1n) is 2.89. The standard InChI is InChI=1S/C3H11N3O4P2/c1-6(2-11(7)8)3(4)5-12(9)10/h9-11H,2H2,1H3,(H2,4,5)(H,7,8). The molecule has 1 unspecified atom stereocenters. The molecule has 1 atom stereocenters. The summed E-state index contributed by atoms with van der Waals surface area (Å²) in [5.74, 6) is -0.293. The lowest BCUT2D eigenvalue weighted by atomic mass is 10.8. The highest BCUT2D eigenvalue weighted by atomic mass is 31.2. The van der Waals surface area contributed by atoms with Crippen LogP contribution in [0, 0.1) is 5.41 Å². The van der Waals surface area contributed by atoms with E-state index in [1.807, 2.05) is 5.09 Å². The molecule has 0 spiro atoms. The molecule has 0 aromatic heterocycles. The van der Waals surface area contributed by atoms with E-state index in [9.17, 15) is 4.57 Å². The Balaban J connectivity index is 3.85. The third-order valence-electron chi connectivity index (χ3n) is 0.960. The molecule has 0 radical (unpaired) electrons. The van der Waals surface area contributed by atoms with Crippen molar-refractivity contribution in [3.8, 4) is 0 Å². The predicted molar refractivity (Wildman–Crippen MR) is 46.1 cm³/mol. The lowest BCUT2D eigenvalue weighted by Crippen LogP contribution is -2.34. The van der Waals surface area contributed by atoms with E-state index in [2.05, 4.69) is 0 Å². The Morgan fingerprint density at radius 1 is 1.75 bits per heavy atom. The molecule has 0 heterocycles. The maximum absolute atomic E-state index is 10.3. The molecule has 0 aromatic rings. The summed E-state index contributed by atoms with van der Waals surface area (Å²) in [5, 5.41) is 9.09. The Hall–Kier alpha value is -0.190. The summed E-state index contributed by atoms with van der Waals surface area (Å²) in [5.41, 5.74) is 0. The van der Waals surface area contributed by atoms with Gasteiger partial charge in [-0.25, -0.2) is 0 Å². The SMILES string of the molecule is CN(C[PH](=O)O)C(=N)NP(O)O. The molecule has 0 fully saturated rings. The van der Waals surface area contributed by atoms with Crippen LogP contribution in [0.5, 0.6) is 0 Å². The summed E-state index contributed by atoms with van der Waals surface area (Å²) < 4.78 is 10.3. The van der Waals surface area contributed by atoms with Gasteiger partial charge in [0.05, 0.1) is 6.29 Å². The normalized spacial score (nSPS) is 12.8. The Morgan fingerprint density at radius 3 is 2.58 bits per heavy atom. The maximum Gasteiger partial charge on any atom is 0.283 e. The number of nitrogens with one attached hydrogen (secondary N) is 2. The van der Waals surface area contributed by atoms with Crippen LogP contribution in [0.2, 0.25) is 0 Å². The molecular weight excluding hydrogens is 204 g/mol. The highest BCUT2D eigenvalue weighted by Gasteiger charge is 2.09. The first kappa shape index (κ1) is 11.8. The van der Waals surface area contributed by atoms with Crippen LogP contribution < -0.4 is 5.09 Å². The molecule has 0 saturated heterocycles. The van der Waals surface area contributed by atoms with Crippen LogP contribution in [0.4, 0.5) is 0 Å². The molecule has 0 saturated carbocycles. The van der Waals surface area contributed by atoms with E-state index in [0.29, 0.717) is 0 Å². The molecule has 5 N–H and O–H groups in total. The predicted octanol–water partition coefficient (Wildman–Crippen LogP) is -0.921. The molecule has 0 bridgehead atoms. The molecule has 0 aliphatic carbocycles. The summed E-state index contributed by atoms with van der Waals surface area (Å²) in [6.45, 7) is 0. The van der Waals surface area contributed by atoms with Crippen molar-refractivity contribution in [1.29, 1.82) is 5.41 Å². The number of hydrogen-bond acceptors (Lipinski definition) is 4. The molecule has 0 amide bonds. The van der Waals surface area contributed by atoms with E-state index in [4.69, 9.17) is 20.1 Å². The molecule has 0 rings (SSSR count). The van der Waals surface area contributed by atoms with Crippen LogP contribution in [0.15, 0.2) is 0 Å². The van der Waals surface area contributed by atoms with Crippen molar-refractivity contribution in [1.82, 2.24) is 9.99 Å². The van der Waals surface area contributed by atoms with Gasteiger partial charge in [0.25, 0.3) is 8.53 Å². The lowest BCUT2D eigenvalue weighted by molar-refractivity contribution is 0.455. The van der Waals surface area contributed by atoms with Crippen LogP contribution in [0.3, 0.4) is 0 Å². The summed E-state index contributed by atoms with van der Waals surface area (Å²) in [6.07, 6.45) is -0.181. The minimum Gasteiger partial charge on any atom is -0.345 e. The molecule has 0 aromatic carbocycles. The minimum absolute atomic E-state index is 0.181. The molecule has 0 aliphatic heterocycles. The van der Waals surface area contributed by atoms with Crippen molar-refractivity contribution < 1.29 is 19.2 Å². The van der Waals surface area contributed by atoms with Gasteiger partial charge in [0.2, 0.25) is 8.03 Å². The van der Waals surface area contributed by atoms with Gasteiger partial charge in [-0.15, -0.1) is 0 Å². The fourth-order valence-corrected chi connectivity index (χ4v) is 1.39. The van der Waals surface area contributed by atoms with Crippen LogP contribution in [0.25, 0.3) is 0 Å². The molecule has 72 valence electrons. The van der Waals surface area contributed by atoms with Crippen molar-refractivity contribution in [3.05, 3.63) is 0 Å². The van der Waals surface area contributed by atoms with Gasteiger partial charge in [-0.05, 0) is 0 Å². The second-order valence-electron chi connectivity index (χ2n) is 2.00. The van der Waals surface area contributed by atoms with E-state index in [-0.39, 0.29) is 12.2 Å². The zero-order chi connectivity index (χ0) is 9.72. The summed E-state index contributed by atoms with van der Waals surface area (Å²) >= 11 is 0. The van der Waals surface area contributed by atoms with Crippen molar-refractivity contribution in [3.63, 3.8) is 0 Å². The molecular formula is C3H11N3O4P2. The zero-order valence-electron chi connectivity index (χ0n) is 6.35. The minimum atomic E-state index is -2.67. The Bertz CT molecular complexity index is 186. The Labute approximate surface area is 71.4 Å². The molecule has 9 heteroatoms. The van der Waals surface area contributed by atoms with E-state index in [1.165, 1.54) is 7.05 Å². The average molecular weight is 215 g/mol. The number of rotatable bonds is 3. The Kier molecular flexibility index (Phi) is 5.37. The van der Waals surface area contributed by atoms with Crippen molar-refractivity contribution >= 4 is 22.5 Å². The first-order valence-corrected chi connectivity index (χ1v) is 5.70. The van der Waals surface area contributed by atoms with E-state index < -0.39 is 16.6 Å². The summed E-state index contributed by atoms with van der Waals surface area (Å²) in [6, 6.07) is 0. The monoisotopic (exact) mass is 215 g/mol. The van der Waals surface area contributed by atoms with Gasteiger partial charge in [0.1, 0.15) is 0 Å². The zero-order valence-corrected chi connectivity index (χ0v) is 8.25. The molecule has 0 aliphatic rings. The second kappa shape index (κ2) is 5.45. The summed E-state index contributed by atoms with van der Waals surface area (Å²) in [4.78, 5) is 26.4. The van der Waals surface area contributed by atoms with E-state index in [1.54, 1.807) is 0 Å². The Morgan fingerprint density at radius 2 is 2.25 bits per heavy atom. The number of nitrogens with zero attached hydrogens (tertiary/aromatic N) is 1. The smallest absolute Gasteiger partial charge is 0.283 e. The van der Waals surface area contributed by atoms with Crippen LogP contribution in [0.1, 0.15) is 0 Å². The fraction of sp³-hybridized carbons (Fsp3) is 0.667. The number of guanidine groups is 1. The van der Waals surface area contributed by atoms with Gasteiger partial charge in [-0.1, -0.05) is 0 Å². The average Bonchev–Trinajstić information content (AvgIpc) is 1.84. The third kappa shape index (κ3) is 5.46. The van der Waals surface area contributed by atoms with Gasteiger partial charge in [-0.3, -0.25) is 15.1 Å². The van der Waals surface area contributed by atoms with Gasteiger partial charge in [0, 0.05) is 7.05 Å². The second-order valence-corrected chi connectivity index (χ2v) is 3.91. The quantitative estimate of drug-likeness (QED) is 0.236. The van der Waals surface area contributed by atoms with Crippen LogP contribution in [-0.2, 0) is 4.57 Å². The van der Waals surface area contributed by atoms with Gasteiger partial charge >= 0.3 is 0 Å². The van der Waals surface area contributed by atoms with Gasteiger partial charge in [-0.2, -0.15) is 0 Å². The molecule has 12 heavy (non-hydrogen) atoms. The van der Waals surface area contributed by atoms with Crippen LogP contribution in [-0.4, -0.2) is 38.9 Å². The largest absolute Gasteiger partial charge is 0.345 e. The summed E-state index contributed by atoms with van der Waals surface area (Å²) in [7, 11) is -3.66. The topological polar surface area (TPSA) is 117 Å². The third-order valence-corrected chi connectivity index (χ3v) is 2.12. The van der Waals surface area contributed by atoms with E-state index >= 15 is 0 Å². The highest BCUT2D eigenvalue weighted by molar-refractivity contribution is 7.43. The lowest BCUT2D eigenvalue weighted by Gasteiger charge is -2.18. The first-order chi connectivity index (χ1) is 5.43. The van der Waals surface area contributed by atoms with Gasteiger partial charge < -0.3 is 19.6 Å². The van der Waals surface area contributed by atoms with Crippen molar-refractivity contribution in [2.45, 2.75) is 0 Å². The highest BCUT2D eigenvalue weighted by Crippen LogP contribution is 2.18. The van der Waals surface area contributed by atoms with Gasteiger partial charge in [0.15, 0.2) is 5.96 Å². The van der Waals surface area contributed by atoms with Crippen molar-refractivity contribution in [2.75, 3.05) is 13.3 Å². The number of hydrogen-bond donors (Lipinski definition) is 5. The molecule has 7 nitrogen and oxygen atoms in total. The van der Waals surface area contributed by atoms with Crippen molar-refractivity contribution in [2.24, 2.45) is 0 Å².